The van der Waals surface area contributed by atoms with Crippen LogP contribution in [0.2, 0.25) is 0 Å². The molecule has 1 aliphatic heterocycles. The molecule has 1 N–H and O–H groups in total. The number of amides is 1. The number of pyridine rings is 1. The fourth-order valence-electron chi connectivity index (χ4n) is 4.45. The van der Waals surface area contributed by atoms with Gasteiger partial charge in [-0.05, 0) is 37.3 Å². The first-order valence-corrected chi connectivity index (χ1v) is 10.00. The van der Waals surface area contributed by atoms with Crippen LogP contribution in [0.1, 0.15) is 48.2 Å². The number of hydrogen-bond donors (Lipinski definition) is 1. The maximum Gasteiger partial charge on any atom is 0.231 e. The lowest BCUT2D eigenvalue weighted by Crippen LogP contribution is -2.41. The van der Waals surface area contributed by atoms with Crippen LogP contribution in [0.3, 0.4) is 0 Å². The van der Waals surface area contributed by atoms with Crippen molar-refractivity contribution < 1.29 is 4.79 Å². The van der Waals surface area contributed by atoms with E-state index >= 15 is 0 Å². The number of carbonyl (C=O) groups is 1. The van der Waals surface area contributed by atoms with Gasteiger partial charge in [-0.2, -0.15) is 5.10 Å². The molecule has 142 valence electrons. The summed E-state index contributed by atoms with van der Waals surface area (Å²) in [6, 6.07) is 14.0. The van der Waals surface area contributed by atoms with Crippen LogP contribution < -0.4 is 0 Å². The van der Waals surface area contributed by atoms with Gasteiger partial charge < -0.3 is 4.90 Å². The average Bonchev–Trinajstić information content (AvgIpc) is 3.42. The average molecular weight is 373 g/mol. The molecule has 5 rings (SSSR count). The van der Waals surface area contributed by atoms with E-state index in [9.17, 15) is 4.79 Å². The minimum absolute atomic E-state index is 0.0930. The number of H-pyrrole nitrogens is 1. The summed E-state index contributed by atoms with van der Waals surface area (Å²) in [5.74, 6) is 1.91. The second kappa shape index (κ2) is 7.19. The number of nitrogens with one attached hydrogen (secondary N) is 1. The summed E-state index contributed by atoms with van der Waals surface area (Å²) in [6.45, 7) is 1.51. The summed E-state index contributed by atoms with van der Waals surface area (Å²) >= 11 is 0. The zero-order chi connectivity index (χ0) is 18.9. The molecule has 3 aromatic rings. The van der Waals surface area contributed by atoms with Crippen LogP contribution in [0.15, 0.2) is 48.7 Å². The molecule has 1 saturated heterocycles. The molecule has 2 unspecified atom stereocenters. The molecule has 2 atom stereocenters. The van der Waals surface area contributed by atoms with Gasteiger partial charge in [0.25, 0.3) is 0 Å². The van der Waals surface area contributed by atoms with Crippen molar-refractivity contribution in [3.8, 4) is 11.4 Å². The summed E-state index contributed by atoms with van der Waals surface area (Å²) in [6.07, 6.45) is 5.61. The molecular weight excluding hydrogens is 350 g/mol. The van der Waals surface area contributed by atoms with Crippen molar-refractivity contribution in [1.29, 1.82) is 0 Å². The first-order chi connectivity index (χ1) is 13.8. The minimum Gasteiger partial charge on any atom is -0.341 e. The predicted molar refractivity (Wildman–Crippen MR) is 106 cm³/mol. The van der Waals surface area contributed by atoms with Gasteiger partial charge in [0.1, 0.15) is 5.82 Å². The van der Waals surface area contributed by atoms with Gasteiger partial charge in [0.15, 0.2) is 5.82 Å². The number of rotatable bonds is 3. The number of aromatic amines is 1. The molecule has 2 aromatic heterocycles. The van der Waals surface area contributed by atoms with Gasteiger partial charge in [-0.25, -0.2) is 4.98 Å². The van der Waals surface area contributed by atoms with Gasteiger partial charge in [-0.1, -0.05) is 36.4 Å². The summed E-state index contributed by atoms with van der Waals surface area (Å²) in [4.78, 5) is 24.4. The maximum absolute atomic E-state index is 13.2. The van der Waals surface area contributed by atoms with Crippen LogP contribution in [0.4, 0.5) is 0 Å². The number of hydrogen-bond acceptors (Lipinski definition) is 4. The summed E-state index contributed by atoms with van der Waals surface area (Å²) < 4.78 is 0. The molecule has 0 radical (unpaired) electrons. The van der Waals surface area contributed by atoms with Crippen molar-refractivity contribution in [2.24, 2.45) is 0 Å². The topological polar surface area (TPSA) is 74.8 Å². The van der Waals surface area contributed by atoms with E-state index in [2.05, 4.69) is 21.2 Å². The van der Waals surface area contributed by atoms with E-state index in [1.165, 1.54) is 5.56 Å². The normalized spacial score (nSPS) is 21.5. The molecule has 0 saturated carbocycles. The van der Waals surface area contributed by atoms with E-state index in [1.54, 1.807) is 6.20 Å². The van der Waals surface area contributed by atoms with Crippen LogP contribution in [-0.2, 0) is 11.2 Å². The van der Waals surface area contributed by atoms with Crippen molar-refractivity contribution >= 4 is 5.91 Å². The number of nitrogens with zero attached hydrogens (tertiary/aromatic N) is 4. The van der Waals surface area contributed by atoms with Gasteiger partial charge in [-0.3, -0.25) is 14.9 Å². The van der Waals surface area contributed by atoms with Crippen LogP contribution in [0.25, 0.3) is 11.4 Å². The molecule has 1 fully saturated rings. The third-order valence-electron chi connectivity index (χ3n) is 5.91. The number of aromatic nitrogens is 4. The molecule has 0 spiro atoms. The van der Waals surface area contributed by atoms with Crippen molar-refractivity contribution in [3.63, 3.8) is 0 Å². The third-order valence-corrected chi connectivity index (χ3v) is 5.91. The molecule has 3 heterocycles. The Morgan fingerprint density at radius 1 is 1.11 bits per heavy atom. The lowest BCUT2D eigenvalue weighted by molar-refractivity contribution is -0.134. The van der Waals surface area contributed by atoms with E-state index in [1.807, 2.05) is 41.3 Å². The number of piperidine rings is 1. The van der Waals surface area contributed by atoms with E-state index in [4.69, 9.17) is 4.98 Å². The minimum atomic E-state index is -0.0930. The molecule has 1 amide bonds. The van der Waals surface area contributed by atoms with E-state index < -0.39 is 0 Å². The van der Waals surface area contributed by atoms with E-state index in [0.717, 1.165) is 49.3 Å². The zero-order valence-electron chi connectivity index (χ0n) is 15.7. The fraction of sp³-hybridized carbons (Fsp3) is 0.364. The Bertz CT molecular complexity index is 983. The van der Waals surface area contributed by atoms with Crippen LogP contribution in [-0.4, -0.2) is 44.1 Å². The van der Waals surface area contributed by atoms with Gasteiger partial charge in [0, 0.05) is 30.8 Å². The molecule has 2 aliphatic rings. The summed E-state index contributed by atoms with van der Waals surface area (Å²) in [7, 11) is 0. The maximum atomic E-state index is 13.2. The number of benzene rings is 1. The largest absolute Gasteiger partial charge is 0.341 e. The summed E-state index contributed by atoms with van der Waals surface area (Å²) in [5.41, 5.74) is 3.19. The van der Waals surface area contributed by atoms with Crippen molar-refractivity contribution in [2.45, 2.75) is 37.5 Å². The smallest absolute Gasteiger partial charge is 0.231 e. The SMILES string of the molecule is O=C(C1CCc2cccnc21)N1CCCC(c2nc(-c3ccccc3)n[nH]2)C1. The highest BCUT2D eigenvalue weighted by Crippen LogP contribution is 2.34. The van der Waals surface area contributed by atoms with Crippen LogP contribution in [0.5, 0.6) is 0 Å². The lowest BCUT2D eigenvalue weighted by atomic mass is 9.95. The molecule has 0 bridgehead atoms. The lowest BCUT2D eigenvalue weighted by Gasteiger charge is -2.33. The fourth-order valence-corrected chi connectivity index (χ4v) is 4.45. The Kier molecular flexibility index (Phi) is 4.39. The van der Waals surface area contributed by atoms with E-state index in [0.29, 0.717) is 12.4 Å². The van der Waals surface area contributed by atoms with Crippen molar-refractivity contribution in [1.82, 2.24) is 25.1 Å². The molecule has 6 heteroatoms. The first kappa shape index (κ1) is 17.1. The first-order valence-electron chi connectivity index (χ1n) is 10.00. The predicted octanol–water partition coefficient (Wildman–Crippen LogP) is 3.30. The molecular formula is C22H23N5O. The monoisotopic (exact) mass is 373 g/mol. The van der Waals surface area contributed by atoms with Gasteiger partial charge in [0.05, 0.1) is 11.6 Å². The van der Waals surface area contributed by atoms with Crippen LogP contribution in [0, 0.1) is 0 Å². The Morgan fingerprint density at radius 3 is 2.89 bits per heavy atom. The molecule has 1 aliphatic carbocycles. The van der Waals surface area contributed by atoms with E-state index in [-0.39, 0.29) is 17.7 Å². The second-order valence-corrected chi connectivity index (χ2v) is 7.67. The number of fused-ring (bicyclic) bond motifs is 1. The Morgan fingerprint density at radius 2 is 2.00 bits per heavy atom. The molecule has 6 nitrogen and oxygen atoms in total. The number of carbonyl (C=O) groups excluding carboxylic acids is 1. The van der Waals surface area contributed by atoms with Crippen LogP contribution >= 0.6 is 0 Å². The highest BCUT2D eigenvalue weighted by Gasteiger charge is 2.35. The third kappa shape index (κ3) is 3.09. The Balaban J connectivity index is 1.32. The quantitative estimate of drug-likeness (QED) is 0.764. The highest BCUT2D eigenvalue weighted by atomic mass is 16.2. The second-order valence-electron chi connectivity index (χ2n) is 7.67. The van der Waals surface area contributed by atoms with Crippen molar-refractivity contribution in [3.05, 3.63) is 65.7 Å². The number of likely N-dealkylation sites (tertiary alicyclic amines) is 1. The Labute approximate surface area is 164 Å². The molecule has 1 aromatic carbocycles. The highest BCUT2D eigenvalue weighted by molar-refractivity contribution is 5.84. The van der Waals surface area contributed by atoms with Crippen molar-refractivity contribution in [2.75, 3.05) is 13.1 Å². The van der Waals surface area contributed by atoms with Gasteiger partial charge in [0.2, 0.25) is 5.91 Å². The standard InChI is InChI=1S/C22H23N5O/c28-22(18-11-10-15-8-4-12-23-19(15)18)27-13-5-9-17(14-27)21-24-20(25-26-21)16-6-2-1-3-7-16/h1-4,6-8,12,17-18H,5,9-11,13-14H2,(H,24,25,26). The Hall–Kier alpha value is -3.02. The number of aryl methyl sites for hydroxylation is 1. The zero-order valence-corrected chi connectivity index (χ0v) is 15.7. The summed E-state index contributed by atoms with van der Waals surface area (Å²) in [5, 5.41) is 7.50. The van der Waals surface area contributed by atoms with Gasteiger partial charge >= 0.3 is 0 Å². The molecule has 28 heavy (non-hydrogen) atoms. The van der Waals surface area contributed by atoms with Gasteiger partial charge in [-0.15, -0.1) is 0 Å².